The van der Waals surface area contributed by atoms with E-state index in [0.717, 1.165) is 11.5 Å². The van der Waals surface area contributed by atoms with Crippen molar-refractivity contribution in [3.8, 4) is 11.4 Å². The molecular formula is C12H12N4O2. The van der Waals surface area contributed by atoms with Gasteiger partial charge in [0.1, 0.15) is 11.6 Å². The van der Waals surface area contributed by atoms with Crippen molar-refractivity contribution in [1.82, 2.24) is 9.55 Å². The molecule has 0 radical (unpaired) electrons. The summed E-state index contributed by atoms with van der Waals surface area (Å²) in [5.41, 5.74) is 7.97. The van der Waals surface area contributed by atoms with Gasteiger partial charge >= 0.3 is 0 Å². The van der Waals surface area contributed by atoms with Gasteiger partial charge in [-0.1, -0.05) is 0 Å². The molecule has 0 saturated heterocycles. The van der Waals surface area contributed by atoms with Gasteiger partial charge in [-0.25, -0.2) is 4.98 Å². The van der Waals surface area contributed by atoms with E-state index >= 15 is 0 Å². The van der Waals surface area contributed by atoms with Crippen LogP contribution in [-0.4, -0.2) is 22.1 Å². The van der Waals surface area contributed by atoms with Crippen LogP contribution in [0.1, 0.15) is 5.82 Å². The molecule has 0 unspecified atom stereocenters. The highest BCUT2D eigenvalue weighted by Gasteiger charge is 2.18. The molecule has 6 heteroatoms. The highest BCUT2D eigenvalue weighted by Crippen LogP contribution is 2.34. The van der Waals surface area contributed by atoms with E-state index in [9.17, 15) is 4.79 Å². The number of anilines is 2. The average Bonchev–Trinajstić information content (AvgIpc) is 2.75. The quantitative estimate of drug-likeness (QED) is 0.736. The second kappa shape index (κ2) is 3.76. The molecule has 2 heterocycles. The standard InChI is InChI=1S/C12H12N4O2/c1-7-14-2-3-16(7)10-5-9-11(4-8(10)13)18-6-12(17)15-9/h2-5H,6,13H2,1H3,(H,15,17). The Morgan fingerprint density at radius 3 is 3.06 bits per heavy atom. The van der Waals surface area contributed by atoms with E-state index in [2.05, 4.69) is 10.3 Å². The summed E-state index contributed by atoms with van der Waals surface area (Å²) < 4.78 is 7.16. The third kappa shape index (κ3) is 1.58. The molecule has 3 N–H and O–H groups in total. The van der Waals surface area contributed by atoms with Crippen molar-refractivity contribution in [2.75, 3.05) is 17.7 Å². The second-order valence-corrected chi connectivity index (χ2v) is 4.09. The van der Waals surface area contributed by atoms with Crippen LogP contribution >= 0.6 is 0 Å². The summed E-state index contributed by atoms with van der Waals surface area (Å²) in [4.78, 5) is 15.4. The molecule has 0 atom stereocenters. The van der Waals surface area contributed by atoms with Crippen molar-refractivity contribution in [2.45, 2.75) is 6.92 Å². The van der Waals surface area contributed by atoms with Gasteiger partial charge in [-0.3, -0.25) is 4.79 Å². The Labute approximate surface area is 103 Å². The second-order valence-electron chi connectivity index (χ2n) is 4.09. The molecule has 0 spiro atoms. The van der Waals surface area contributed by atoms with Crippen LogP contribution in [0.3, 0.4) is 0 Å². The third-order valence-corrected chi connectivity index (χ3v) is 2.85. The van der Waals surface area contributed by atoms with E-state index in [1.54, 1.807) is 18.3 Å². The fourth-order valence-electron chi connectivity index (χ4n) is 1.97. The van der Waals surface area contributed by atoms with E-state index < -0.39 is 0 Å². The summed E-state index contributed by atoms with van der Waals surface area (Å²) in [7, 11) is 0. The Balaban J connectivity index is 2.14. The maximum atomic E-state index is 11.3. The maximum Gasteiger partial charge on any atom is 0.262 e. The SMILES string of the molecule is Cc1nccn1-c1cc2c(cc1N)OCC(=O)N2. The van der Waals surface area contributed by atoms with Crippen LogP contribution in [0, 0.1) is 6.92 Å². The number of rotatable bonds is 1. The van der Waals surface area contributed by atoms with Crippen molar-refractivity contribution in [2.24, 2.45) is 0 Å². The highest BCUT2D eigenvalue weighted by atomic mass is 16.5. The van der Waals surface area contributed by atoms with Crippen LogP contribution in [-0.2, 0) is 4.79 Å². The number of ether oxygens (including phenoxy) is 1. The van der Waals surface area contributed by atoms with Crippen molar-refractivity contribution in [3.63, 3.8) is 0 Å². The monoisotopic (exact) mass is 244 g/mol. The zero-order valence-electron chi connectivity index (χ0n) is 9.80. The molecule has 0 bridgehead atoms. The highest BCUT2D eigenvalue weighted by molar-refractivity contribution is 5.96. The molecule has 1 aromatic heterocycles. The van der Waals surface area contributed by atoms with Crippen LogP contribution in [0.5, 0.6) is 5.75 Å². The number of fused-ring (bicyclic) bond motifs is 1. The lowest BCUT2D eigenvalue weighted by Crippen LogP contribution is -2.25. The number of amides is 1. The molecule has 0 fully saturated rings. The number of hydrogen-bond donors (Lipinski definition) is 2. The lowest BCUT2D eigenvalue weighted by molar-refractivity contribution is -0.118. The molecule has 1 aromatic carbocycles. The zero-order valence-corrected chi connectivity index (χ0v) is 9.80. The minimum atomic E-state index is -0.166. The van der Waals surface area contributed by atoms with Crippen molar-refractivity contribution in [3.05, 3.63) is 30.4 Å². The molecular weight excluding hydrogens is 232 g/mol. The normalized spacial score (nSPS) is 13.7. The molecule has 18 heavy (non-hydrogen) atoms. The van der Waals surface area contributed by atoms with Crippen LogP contribution in [0.25, 0.3) is 5.69 Å². The first kappa shape index (κ1) is 10.6. The number of imidazole rings is 1. The number of hydrogen-bond acceptors (Lipinski definition) is 4. The topological polar surface area (TPSA) is 82.2 Å². The van der Waals surface area contributed by atoms with Crippen molar-refractivity contribution in [1.29, 1.82) is 0 Å². The van der Waals surface area contributed by atoms with Crippen LogP contribution in [0.2, 0.25) is 0 Å². The molecule has 3 rings (SSSR count). The summed E-state index contributed by atoms with van der Waals surface area (Å²) in [6.07, 6.45) is 3.52. The van der Waals surface area contributed by atoms with E-state index in [-0.39, 0.29) is 12.5 Å². The predicted molar refractivity (Wildman–Crippen MR) is 66.8 cm³/mol. The van der Waals surface area contributed by atoms with Gasteiger partial charge in [0.15, 0.2) is 6.61 Å². The minimum Gasteiger partial charge on any atom is -0.482 e. The van der Waals surface area contributed by atoms with E-state index in [4.69, 9.17) is 10.5 Å². The molecule has 1 aliphatic rings. The minimum absolute atomic E-state index is 0.0237. The number of aryl methyl sites for hydroxylation is 1. The Morgan fingerprint density at radius 2 is 2.33 bits per heavy atom. The van der Waals surface area contributed by atoms with Gasteiger partial charge in [0.25, 0.3) is 5.91 Å². The van der Waals surface area contributed by atoms with Gasteiger partial charge in [-0.15, -0.1) is 0 Å². The van der Waals surface area contributed by atoms with E-state index in [0.29, 0.717) is 17.1 Å². The molecule has 6 nitrogen and oxygen atoms in total. The van der Waals surface area contributed by atoms with Gasteiger partial charge in [-0.2, -0.15) is 0 Å². The smallest absolute Gasteiger partial charge is 0.262 e. The predicted octanol–water partition coefficient (Wildman–Crippen LogP) is 1.09. The Kier molecular flexibility index (Phi) is 2.22. The largest absolute Gasteiger partial charge is 0.482 e. The number of nitrogens with two attached hydrogens (primary N) is 1. The van der Waals surface area contributed by atoms with Crippen LogP contribution in [0.15, 0.2) is 24.5 Å². The van der Waals surface area contributed by atoms with Gasteiger partial charge in [0.05, 0.1) is 17.1 Å². The number of aromatic nitrogens is 2. The number of carbonyl (C=O) groups excluding carboxylic acids is 1. The molecule has 1 aliphatic heterocycles. The summed E-state index contributed by atoms with van der Waals surface area (Å²) >= 11 is 0. The van der Waals surface area contributed by atoms with Gasteiger partial charge in [0, 0.05) is 18.5 Å². The number of nitrogens with one attached hydrogen (secondary N) is 1. The van der Waals surface area contributed by atoms with Gasteiger partial charge in [-0.05, 0) is 13.0 Å². The Hall–Kier alpha value is -2.50. The fourth-order valence-corrected chi connectivity index (χ4v) is 1.97. The lowest BCUT2D eigenvalue weighted by atomic mass is 10.2. The lowest BCUT2D eigenvalue weighted by Gasteiger charge is -2.20. The van der Waals surface area contributed by atoms with Crippen LogP contribution < -0.4 is 15.8 Å². The summed E-state index contributed by atoms with van der Waals surface area (Å²) in [5.74, 6) is 1.25. The van der Waals surface area contributed by atoms with Gasteiger partial charge < -0.3 is 20.4 Å². The zero-order chi connectivity index (χ0) is 12.7. The summed E-state index contributed by atoms with van der Waals surface area (Å²) in [5, 5.41) is 2.76. The number of nitrogens with zero attached hydrogens (tertiary/aromatic N) is 2. The summed E-state index contributed by atoms with van der Waals surface area (Å²) in [6, 6.07) is 3.50. The first-order valence-corrected chi connectivity index (χ1v) is 5.51. The van der Waals surface area contributed by atoms with Gasteiger partial charge in [0.2, 0.25) is 0 Å². The number of nitrogen functional groups attached to an aromatic ring is 1. The van der Waals surface area contributed by atoms with E-state index in [1.165, 1.54) is 0 Å². The van der Waals surface area contributed by atoms with E-state index in [1.807, 2.05) is 17.7 Å². The average molecular weight is 244 g/mol. The number of carbonyl (C=O) groups is 1. The maximum absolute atomic E-state index is 11.3. The summed E-state index contributed by atoms with van der Waals surface area (Å²) in [6.45, 7) is 1.91. The Morgan fingerprint density at radius 1 is 1.50 bits per heavy atom. The molecule has 92 valence electrons. The molecule has 0 saturated carbocycles. The third-order valence-electron chi connectivity index (χ3n) is 2.85. The molecule has 0 aliphatic carbocycles. The molecule has 1 amide bonds. The number of benzene rings is 1. The first-order chi connectivity index (χ1) is 8.65. The fraction of sp³-hybridized carbons (Fsp3) is 0.167. The first-order valence-electron chi connectivity index (χ1n) is 5.51. The van der Waals surface area contributed by atoms with Crippen molar-refractivity contribution < 1.29 is 9.53 Å². The Bertz CT molecular complexity index is 633. The molecule has 2 aromatic rings. The van der Waals surface area contributed by atoms with Crippen LogP contribution in [0.4, 0.5) is 11.4 Å². The van der Waals surface area contributed by atoms with Crippen molar-refractivity contribution >= 4 is 17.3 Å².